The van der Waals surface area contributed by atoms with Gasteiger partial charge in [0.2, 0.25) is 0 Å². The number of methoxy groups -OCH3 is 2. The summed E-state index contributed by atoms with van der Waals surface area (Å²) in [6, 6.07) is 11.8. The molecule has 66 heavy (non-hydrogen) atoms. The number of benzene rings is 2. The van der Waals surface area contributed by atoms with Crippen molar-refractivity contribution >= 4 is 121 Å². The van der Waals surface area contributed by atoms with Gasteiger partial charge in [-0.2, -0.15) is 0 Å². The number of carboxylic acid groups (broad SMARTS) is 1. The number of aromatic carboxylic acids is 1. The Kier molecular flexibility index (Phi) is 48.1. The molecule has 0 bridgehead atoms. The number of rotatable bonds is 8. The average Bonchev–Trinajstić information content (AvgIpc) is 3.92. The van der Waals surface area contributed by atoms with Crippen molar-refractivity contribution in [3.8, 4) is 0 Å². The number of anilines is 3. The molecule has 14 nitrogen and oxygen atoms in total. The number of nitrogens with two attached hydrogens (primary N) is 1. The van der Waals surface area contributed by atoms with Crippen molar-refractivity contribution in [2.45, 2.75) is 122 Å². The maximum absolute atomic E-state index is 12.5. The van der Waals surface area contributed by atoms with Gasteiger partial charge in [0.05, 0.1) is 48.0 Å². The molecular formula is C48H77I2N3O11S2. The van der Waals surface area contributed by atoms with Crippen LogP contribution in [0, 0.1) is 0 Å². The first-order valence-electron chi connectivity index (χ1n) is 20.5. The van der Waals surface area contributed by atoms with E-state index in [1.807, 2.05) is 91.4 Å². The van der Waals surface area contributed by atoms with Gasteiger partial charge < -0.3 is 29.8 Å². The molecule has 2 amide bonds. The molecule has 0 radical (unpaired) electrons. The molecule has 0 aliphatic carbocycles. The standard InChI is InChI=1S/C19H21NO5S.C9H14N2O2S.C9H8O4.4C2H6.2CH3I.CH4/c1-19(2,3)25-18(23)20-15-11-26-10-14(15)9-16(21)12-5-7-13(8-6-12)17(22)24-4;1-9(2,3)13-8(12)11-7-5-14-4-6(7)10;1-13-9(12)7-4-2-6(3-5-7)8(10)11;6*1-2;/h5-8,10-11H,9H2,1-4H3,(H,20,23);4-5H,10H2,1-3H3,(H,11,12);2-5H,1H3,(H,10,11);4*1-2H3;2*1H3;1H4. The second-order valence-corrected chi connectivity index (χ2v) is 14.3. The van der Waals surface area contributed by atoms with Crippen LogP contribution in [-0.4, -0.2) is 76.3 Å². The predicted molar refractivity (Wildman–Crippen MR) is 295 cm³/mol. The number of halogens is 2. The topological polar surface area (TPSA) is 210 Å². The lowest BCUT2D eigenvalue weighted by molar-refractivity contribution is 0.0591. The molecule has 376 valence electrons. The van der Waals surface area contributed by atoms with Gasteiger partial charge in [-0.05, 0) is 98.7 Å². The van der Waals surface area contributed by atoms with Crippen LogP contribution in [0.3, 0.4) is 0 Å². The molecule has 0 atom stereocenters. The van der Waals surface area contributed by atoms with Gasteiger partial charge in [0.15, 0.2) is 5.78 Å². The van der Waals surface area contributed by atoms with E-state index in [2.05, 4.69) is 65.3 Å². The smallest absolute Gasteiger partial charge is 0.412 e. The third-order valence-corrected chi connectivity index (χ3v) is 7.79. The van der Waals surface area contributed by atoms with E-state index in [4.69, 9.17) is 20.3 Å². The lowest BCUT2D eigenvalue weighted by atomic mass is 10.0. The molecule has 0 spiro atoms. The monoisotopic (exact) mass is 1190 g/mol. The number of carbonyl (C=O) groups is 6. The van der Waals surface area contributed by atoms with Gasteiger partial charge in [0, 0.05) is 28.1 Å². The van der Waals surface area contributed by atoms with E-state index in [-0.39, 0.29) is 25.2 Å². The number of esters is 2. The van der Waals surface area contributed by atoms with E-state index < -0.39 is 41.3 Å². The molecule has 5 N–H and O–H groups in total. The molecule has 2 aromatic carbocycles. The van der Waals surface area contributed by atoms with Crippen LogP contribution in [0.15, 0.2) is 70.1 Å². The molecule has 0 saturated carbocycles. The van der Waals surface area contributed by atoms with Crippen LogP contribution >= 0.6 is 67.9 Å². The van der Waals surface area contributed by atoms with Crippen LogP contribution in [0.1, 0.15) is 151 Å². The normalized spacial score (nSPS) is 9.03. The van der Waals surface area contributed by atoms with Crippen molar-refractivity contribution < 1.29 is 52.8 Å². The first-order valence-corrected chi connectivity index (χ1v) is 26.7. The van der Waals surface area contributed by atoms with E-state index in [9.17, 15) is 28.8 Å². The molecule has 4 aromatic rings. The Balaban J connectivity index is -0.000000192. The Morgan fingerprint density at radius 3 is 1.20 bits per heavy atom. The summed E-state index contributed by atoms with van der Waals surface area (Å²) < 4.78 is 19.4. The first kappa shape index (κ1) is 73.3. The first-order chi connectivity index (χ1) is 30.7. The summed E-state index contributed by atoms with van der Waals surface area (Å²) >= 11 is 7.12. The predicted octanol–water partition coefficient (Wildman–Crippen LogP) is 15.0. The van der Waals surface area contributed by atoms with Crippen LogP contribution < -0.4 is 16.4 Å². The Labute approximate surface area is 430 Å². The molecule has 0 aliphatic heterocycles. The highest BCUT2D eigenvalue weighted by Crippen LogP contribution is 2.25. The number of alkyl halides is 2. The third-order valence-electron chi connectivity index (χ3n) is 6.24. The van der Waals surface area contributed by atoms with Gasteiger partial charge in [-0.3, -0.25) is 15.4 Å². The highest BCUT2D eigenvalue weighted by molar-refractivity contribution is 14.1. The molecular weight excluding hydrogens is 1110 g/mol. The number of ketones is 1. The Bertz CT molecular complexity index is 1890. The zero-order chi connectivity index (χ0) is 51.9. The fourth-order valence-electron chi connectivity index (χ4n) is 3.86. The average molecular weight is 1190 g/mol. The number of ether oxygens (including phenoxy) is 4. The second kappa shape index (κ2) is 43.3. The Morgan fingerprint density at radius 1 is 0.561 bits per heavy atom. The van der Waals surface area contributed by atoms with Gasteiger partial charge >= 0.3 is 30.1 Å². The fourth-order valence-corrected chi connectivity index (χ4v) is 5.32. The van der Waals surface area contributed by atoms with Crippen LogP contribution in [-0.2, 0) is 25.4 Å². The third kappa shape index (κ3) is 34.1. The van der Waals surface area contributed by atoms with Crippen LogP contribution in [0.5, 0.6) is 0 Å². The summed E-state index contributed by atoms with van der Waals surface area (Å²) in [5.41, 5.74) is 8.28. The lowest BCUT2D eigenvalue weighted by Crippen LogP contribution is -2.27. The number of thiophene rings is 2. The number of nitrogen functional groups attached to an aromatic ring is 1. The van der Waals surface area contributed by atoms with Crippen molar-refractivity contribution in [3.63, 3.8) is 0 Å². The number of Topliss-reactive ketones (excluding diaryl/α,β-unsaturated/α-hetero) is 1. The summed E-state index contributed by atoms with van der Waals surface area (Å²) in [7, 11) is 2.57. The maximum atomic E-state index is 12.5. The molecule has 0 saturated heterocycles. The minimum absolute atomic E-state index is 0. The lowest BCUT2D eigenvalue weighted by Gasteiger charge is -2.19. The minimum atomic E-state index is -1.02. The highest BCUT2D eigenvalue weighted by atomic mass is 127. The largest absolute Gasteiger partial charge is 0.478 e. The summed E-state index contributed by atoms with van der Waals surface area (Å²) in [6.07, 6.45) is -0.915. The molecule has 4 rings (SSSR count). The van der Waals surface area contributed by atoms with E-state index in [1.54, 1.807) is 61.2 Å². The van der Waals surface area contributed by atoms with E-state index >= 15 is 0 Å². The Hall–Kier alpha value is -4.28. The van der Waals surface area contributed by atoms with Gasteiger partial charge in [0.1, 0.15) is 11.2 Å². The molecule has 0 aliphatic rings. The SMILES string of the molecule is C.CC.CC.CC.CC.CC(C)(C)OC(=O)Nc1cscc1N.CI.CI.COC(=O)c1ccc(C(=O)Cc2cscc2NC(=O)OC(C)(C)C)cc1.COC(=O)c1ccc(C(=O)O)cc1. The van der Waals surface area contributed by atoms with E-state index in [0.29, 0.717) is 39.3 Å². The second-order valence-electron chi connectivity index (χ2n) is 12.8. The van der Waals surface area contributed by atoms with Crippen molar-refractivity contribution in [2.75, 3.05) is 40.4 Å². The minimum Gasteiger partial charge on any atom is -0.478 e. The van der Waals surface area contributed by atoms with Crippen LogP contribution in [0.4, 0.5) is 26.7 Å². The number of carboxylic acids is 1. The maximum Gasteiger partial charge on any atom is 0.412 e. The van der Waals surface area contributed by atoms with Crippen molar-refractivity contribution in [3.05, 3.63) is 97.9 Å². The Morgan fingerprint density at radius 2 is 0.879 bits per heavy atom. The molecule has 2 aromatic heterocycles. The van der Waals surface area contributed by atoms with E-state index in [0.717, 1.165) is 0 Å². The molecule has 0 fully saturated rings. The summed E-state index contributed by atoms with van der Waals surface area (Å²) in [6.45, 7) is 26.8. The zero-order valence-electron chi connectivity index (χ0n) is 41.3. The number of hydrogen-bond acceptors (Lipinski definition) is 13. The van der Waals surface area contributed by atoms with Gasteiger partial charge in [-0.15, -0.1) is 22.7 Å². The highest BCUT2D eigenvalue weighted by Gasteiger charge is 2.19. The number of carbonyl (C=O) groups excluding carboxylic acids is 5. The van der Waals surface area contributed by atoms with Gasteiger partial charge in [0.25, 0.3) is 0 Å². The van der Waals surface area contributed by atoms with Crippen LogP contribution in [0.2, 0.25) is 0 Å². The van der Waals surface area contributed by atoms with Gasteiger partial charge in [-0.25, -0.2) is 24.0 Å². The van der Waals surface area contributed by atoms with Crippen molar-refractivity contribution in [1.82, 2.24) is 0 Å². The number of nitrogens with one attached hydrogen (secondary N) is 2. The van der Waals surface area contributed by atoms with Crippen molar-refractivity contribution in [2.24, 2.45) is 0 Å². The number of hydrogen-bond donors (Lipinski definition) is 4. The summed E-state index contributed by atoms with van der Waals surface area (Å²) in [5.74, 6) is -2.06. The molecule has 0 unspecified atom stereocenters. The summed E-state index contributed by atoms with van der Waals surface area (Å²) in [4.78, 5) is 72.4. The molecule has 2 heterocycles. The quantitative estimate of drug-likeness (QED) is 0.0427. The van der Waals surface area contributed by atoms with Gasteiger partial charge in [-0.1, -0.05) is 120 Å². The summed E-state index contributed by atoms with van der Waals surface area (Å²) in [5, 5.41) is 20.9. The molecule has 18 heteroatoms. The van der Waals surface area contributed by atoms with E-state index in [1.165, 1.54) is 61.2 Å². The number of amides is 2. The zero-order valence-corrected chi connectivity index (χ0v) is 47.3. The fraction of sp³-hybridized carbons (Fsp3) is 0.458. The van der Waals surface area contributed by atoms with Crippen LogP contribution in [0.25, 0.3) is 0 Å². The van der Waals surface area contributed by atoms with Crippen molar-refractivity contribution in [1.29, 1.82) is 0 Å².